The lowest BCUT2D eigenvalue weighted by Gasteiger charge is -2.20. The van der Waals surface area contributed by atoms with Gasteiger partial charge in [0.15, 0.2) is 5.96 Å². The Hall–Kier alpha value is -1.76. The summed E-state index contributed by atoms with van der Waals surface area (Å²) in [5.74, 6) is 2.31. The number of nitrogens with zero attached hydrogens (tertiary/aromatic N) is 1. The topological polar surface area (TPSA) is 79.8 Å². The number of aliphatic imine (C=N–C) groups is 1. The average molecular weight is 410 g/mol. The molecule has 0 aromatic heterocycles. The largest absolute Gasteiger partial charge is 0.493 e. The molecule has 1 aliphatic carbocycles. The molecule has 1 aromatic carbocycles. The van der Waals surface area contributed by atoms with Crippen LogP contribution in [-0.2, 0) is 9.84 Å². The smallest absolute Gasteiger partial charge is 0.191 e. The molecule has 1 aliphatic rings. The van der Waals surface area contributed by atoms with Gasteiger partial charge in [0, 0.05) is 24.8 Å². The second kappa shape index (κ2) is 9.63. The lowest BCUT2D eigenvalue weighted by molar-refractivity contribution is 0.271. The van der Waals surface area contributed by atoms with Crippen LogP contribution in [0.5, 0.6) is 5.75 Å². The molecule has 158 valence electrons. The summed E-state index contributed by atoms with van der Waals surface area (Å²) >= 11 is 0. The molecule has 0 bridgehead atoms. The highest BCUT2D eigenvalue weighted by Crippen LogP contribution is 2.46. The molecule has 1 fully saturated rings. The van der Waals surface area contributed by atoms with Gasteiger partial charge in [-0.15, -0.1) is 0 Å². The zero-order valence-electron chi connectivity index (χ0n) is 17.8. The van der Waals surface area contributed by atoms with Crippen LogP contribution in [0, 0.1) is 11.3 Å². The van der Waals surface area contributed by atoms with E-state index >= 15 is 0 Å². The summed E-state index contributed by atoms with van der Waals surface area (Å²) < 4.78 is 29.0. The molecular weight excluding hydrogens is 374 g/mol. The van der Waals surface area contributed by atoms with Gasteiger partial charge in [0.25, 0.3) is 0 Å². The predicted molar refractivity (Wildman–Crippen MR) is 116 cm³/mol. The lowest BCUT2D eigenvalue weighted by atomic mass is 10.1. The third-order valence-electron chi connectivity index (χ3n) is 4.76. The van der Waals surface area contributed by atoms with Crippen LogP contribution >= 0.6 is 0 Å². The molecule has 28 heavy (non-hydrogen) atoms. The Bertz CT molecular complexity index is 754. The number of ether oxygens (including phenoxy) is 1. The van der Waals surface area contributed by atoms with Crippen molar-refractivity contribution >= 4 is 15.8 Å². The van der Waals surface area contributed by atoms with Gasteiger partial charge in [-0.3, -0.25) is 4.99 Å². The summed E-state index contributed by atoms with van der Waals surface area (Å²) in [6.07, 6.45) is 3.16. The Morgan fingerprint density at radius 1 is 1.21 bits per heavy atom. The molecule has 0 radical (unpaired) electrons. The molecule has 2 N–H and O–H groups in total. The first-order valence-corrected chi connectivity index (χ1v) is 12.1. The molecule has 1 atom stereocenters. The fraction of sp³-hybridized carbons (Fsp3) is 0.667. The maximum Gasteiger partial charge on any atom is 0.191 e. The first-order valence-electron chi connectivity index (χ1n) is 10.1. The summed E-state index contributed by atoms with van der Waals surface area (Å²) in [6, 6.07) is 8.17. The van der Waals surface area contributed by atoms with Crippen LogP contribution in [-0.4, -0.2) is 46.1 Å². The van der Waals surface area contributed by atoms with Crippen molar-refractivity contribution < 1.29 is 13.2 Å². The van der Waals surface area contributed by atoms with E-state index in [0.717, 1.165) is 36.7 Å². The van der Waals surface area contributed by atoms with Crippen LogP contribution in [0.2, 0.25) is 0 Å². The molecule has 0 spiro atoms. The Morgan fingerprint density at radius 3 is 2.36 bits per heavy atom. The molecule has 1 aromatic rings. The maximum atomic E-state index is 11.6. The summed E-state index contributed by atoms with van der Waals surface area (Å²) in [6.45, 7) is 10.4. The van der Waals surface area contributed by atoms with E-state index < -0.39 is 9.84 Å². The number of hydrogen-bond acceptors (Lipinski definition) is 4. The van der Waals surface area contributed by atoms with Gasteiger partial charge in [-0.05, 0) is 50.3 Å². The van der Waals surface area contributed by atoms with Crippen molar-refractivity contribution in [2.24, 2.45) is 16.3 Å². The first kappa shape index (κ1) is 22.5. The van der Waals surface area contributed by atoms with Gasteiger partial charge in [0.2, 0.25) is 0 Å². The van der Waals surface area contributed by atoms with Gasteiger partial charge in [-0.1, -0.05) is 26.0 Å². The van der Waals surface area contributed by atoms with Crippen LogP contribution in [0.25, 0.3) is 0 Å². The number of hydrogen-bond donors (Lipinski definition) is 2. The van der Waals surface area contributed by atoms with E-state index in [9.17, 15) is 8.42 Å². The van der Waals surface area contributed by atoms with E-state index in [1.54, 1.807) is 0 Å². The highest BCUT2D eigenvalue weighted by Gasteiger charge is 2.45. The molecule has 0 heterocycles. The van der Waals surface area contributed by atoms with Crippen molar-refractivity contribution in [2.75, 3.05) is 31.7 Å². The van der Waals surface area contributed by atoms with Crippen LogP contribution in [0.3, 0.4) is 0 Å². The SMILES string of the molecule is CCNC(=NCC1(CS(C)(=O)=O)CC1)NC(C)c1ccc(OCC(C)C)cc1. The predicted octanol–water partition coefficient (Wildman–Crippen LogP) is 3.16. The molecule has 6 nitrogen and oxygen atoms in total. The van der Waals surface area contributed by atoms with E-state index in [2.05, 4.69) is 48.5 Å². The number of benzene rings is 1. The highest BCUT2D eigenvalue weighted by atomic mass is 32.2. The fourth-order valence-corrected chi connectivity index (χ4v) is 4.54. The van der Waals surface area contributed by atoms with E-state index in [1.165, 1.54) is 6.26 Å². The third-order valence-corrected chi connectivity index (χ3v) is 5.90. The Morgan fingerprint density at radius 2 is 1.86 bits per heavy atom. The normalized spacial score (nSPS) is 17.3. The van der Waals surface area contributed by atoms with E-state index in [4.69, 9.17) is 4.74 Å². The summed E-state index contributed by atoms with van der Waals surface area (Å²) in [5.41, 5.74) is 0.967. The van der Waals surface area contributed by atoms with Gasteiger partial charge in [0.05, 0.1) is 18.4 Å². The monoisotopic (exact) mass is 409 g/mol. The standard InChI is InChI=1S/C21H35N3O3S/c1-6-22-20(23-14-21(11-12-21)15-28(5,25)26)24-17(4)18-7-9-19(10-8-18)27-13-16(2)3/h7-10,16-17H,6,11-15H2,1-5H3,(H2,22,23,24). The zero-order valence-corrected chi connectivity index (χ0v) is 18.6. The van der Waals surface area contributed by atoms with Gasteiger partial charge in [-0.25, -0.2) is 8.42 Å². The second-order valence-electron chi connectivity index (χ2n) is 8.41. The van der Waals surface area contributed by atoms with Crippen LogP contribution in [0.4, 0.5) is 0 Å². The fourth-order valence-electron chi connectivity index (χ4n) is 3.05. The summed E-state index contributed by atoms with van der Waals surface area (Å²) in [5, 5.41) is 6.67. The quantitative estimate of drug-likeness (QED) is 0.458. The lowest BCUT2D eigenvalue weighted by Crippen LogP contribution is -2.39. The van der Waals surface area contributed by atoms with Crippen LogP contribution in [0.1, 0.15) is 52.1 Å². The molecule has 1 saturated carbocycles. The van der Waals surface area contributed by atoms with Crippen molar-refractivity contribution in [1.82, 2.24) is 10.6 Å². The molecule has 0 saturated heterocycles. The molecule has 7 heteroatoms. The molecule has 1 unspecified atom stereocenters. The number of nitrogens with one attached hydrogen (secondary N) is 2. The van der Waals surface area contributed by atoms with Crippen LogP contribution in [0.15, 0.2) is 29.3 Å². The van der Waals surface area contributed by atoms with Crippen molar-refractivity contribution in [3.05, 3.63) is 29.8 Å². The van der Waals surface area contributed by atoms with Gasteiger partial charge < -0.3 is 15.4 Å². The minimum atomic E-state index is -2.98. The Balaban J connectivity index is 1.97. The van der Waals surface area contributed by atoms with Gasteiger partial charge >= 0.3 is 0 Å². The van der Waals surface area contributed by atoms with E-state index in [0.29, 0.717) is 19.1 Å². The Labute approximate surface area is 170 Å². The van der Waals surface area contributed by atoms with E-state index in [-0.39, 0.29) is 17.2 Å². The number of rotatable bonds is 10. The highest BCUT2D eigenvalue weighted by molar-refractivity contribution is 7.90. The zero-order chi connectivity index (χ0) is 20.8. The van der Waals surface area contributed by atoms with Crippen molar-refractivity contribution in [3.63, 3.8) is 0 Å². The first-order chi connectivity index (χ1) is 13.1. The molecule has 2 rings (SSSR count). The van der Waals surface area contributed by atoms with Crippen molar-refractivity contribution in [3.8, 4) is 5.75 Å². The van der Waals surface area contributed by atoms with Crippen LogP contribution < -0.4 is 15.4 Å². The molecule has 0 aliphatic heterocycles. The third kappa shape index (κ3) is 7.70. The molecule has 0 amide bonds. The second-order valence-corrected chi connectivity index (χ2v) is 10.5. The maximum absolute atomic E-state index is 11.6. The summed E-state index contributed by atoms with van der Waals surface area (Å²) in [4.78, 5) is 4.67. The molecular formula is C21H35N3O3S. The Kier molecular flexibility index (Phi) is 7.75. The number of guanidine groups is 1. The van der Waals surface area contributed by atoms with Crippen molar-refractivity contribution in [2.45, 2.75) is 46.6 Å². The van der Waals surface area contributed by atoms with Crippen molar-refractivity contribution in [1.29, 1.82) is 0 Å². The minimum Gasteiger partial charge on any atom is -0.493 e. The minimum absolute atomic E-state index is 0.0713. The van der Waals surface area contributed by atoms with Gasteiger partial charge in [-0.2, -0.15) is 0 Å². The van der Waals surface area contributed by atoms with E-state index in [1.807, 2.05) is 19.1 Å². The van der Waals surface area contributed by atoms with Gasteiger partial charge in [0.1, 0.15) is 15.6 Å². The number of sulfone groups is 1. The average Bonchev–Trinajstić information content (AvgIpc) is 3.36. The summed E-state index contributed by atoms with van der Waals surface area (Å²) in [7, 11) is -2.98.